The minimum Gasteiger partial charge on any atom is -0.309 e. The summed E-state index contributed by atoms with van der Waals surface area (Å²) < 4.78 is 2.65. The smallest absolute Gasteiger partial charge is 0.0553 e. The van der Waals surface area contributed by atoms with Gasteiger partial charge in [-0.1, -0.05) is 150 Å². The highest BCUT2D eigenvalue weighted by Crippen LogP contribution is 2.59. The normalized spacial score (nSPS) is 14.8. The summed E-state index contributed by atoms with van der Waals surface area (Å²) in [7, 11) is 0. The van der Waals surface area contributed by atoms with Gasteiger partial charge < -0.3 is 4.90 Å². The van der Waals surface area contributed by atoms with E-state index in [1.165, 1.54) is 122 Å². The van der Waals surface area contributed by atoms with Crippen LogP contribution in [0.1, 0.15) is 82.6 Å². The van der Waals surface area contributed by atoms with E-state index in [1.54, 1.807) is 0 Å². The summed E-state index contributed by atoms with van der Waals surface area (Å²) in [5.41, 5.74) is 21.9. The van der Waals surface area contributed by atoms with Gasteiger partial charge >= 0.3 is 0 Å². The van der Waals surface area contributed by atoms with Crippen molar-refractivity contribution in [3.63, 3.8) is 0 Å². The van der Waals surface area contributed by atoms with Gasteiger partial charge in [-0.15, -0.1) is 11.3 Å². The van der Waals surface area contributed by atoms with Crippen LogP contribution in [-0.4, -0.2) is 0 Å². The third-order valence-corrected chi connectivity index (χ3v) is 15.5. The lowest BCUT2D eigenvalue weighted by atomic mass is 9.62. The zero-order valence-corrected chi connectivity index (χ0v) is 38.3. The highest BCUT2D eigenvalue weighted by Gasteiger charge is 2.40. The van der Waals surface area contributed by atoms with E-state index in [4.69, 9.17) is 0 Å². The predicted octanol–water partition coefficient (Wildman–Crippen LogP) is 18.2. The maximum atomic E-state index is 2.66. The van der Waals surface area contributed by atoms with Crippen LogP contribution in [0.2, 0.25) is 0 Å². The van der Waals surface area contributed by atoms with Gasteiger partial charge in [0.25, 0.3) is 0 Å². The van der Waals surface area contributed by atoms with Gasteiger partial charge in [0, 0.05) is 36.9 Å². The van der Waals surface area contributed by atoms with E-state index < -0.39 is 0 Å². The number of thiophene rings is 1. The Morgan fingerprint density at radius 3 is 1.84 bits per heavy atom. The first-order valence-electron chi connectivity index (χ1n) is 23.0. The molecule has 1 aliphatic heterocycles. The molecular formula is C61H55NS. The van der Waals surface area contributed by atoms with Crippen molar-refractivity contribution in [2.45, 2.75) is 84.5 Å². The van der Waals surface area contributed by atoms with Crippen LogP contribution in [0.25, 0.3) is 75.8 Å². The van der Waals surface area contributed by atoms with E-state index in [1.807, 2.05) is 11.3 Å². The zero-order chi connectivity index (χ0) is 43.0. The Hall–Kier alpha value is -6.22. The van der Waals surface area contributed by atoms with Gasteiger partial charge in [-0.25, -0.2) is 0 Å². The van der Waals surface area contributed by atoms with Crippen LogP contribution >= 0.6 is 11.3 Å². The summed E-state index contributed by atoms with van der Waals surface area (Å²) in [6.07, 6.45) is 5.71. The quantitative estimate of drug-likeness (QED) is 0.155. The molecule has 1 aromatic heterocycles. The second-order valence-corrected chi connectivity index (χ2v) is 20.5. The lowest BCUT2D eigenvalue weighted by Crippen LogP contribution is -2.34. The summed E-state index contributed by atoms with van der Waals surface area (Å²) in [5.74, 6) is 0. The maximum absolute atomic E-state index is 2.66. The molecule has 1 nitrogen and oxygen atoms in total. The Morgan fingerprint density at radius 2 is 1.13 bits per heavy atom. The summed E-state index contributed by atoms with van der Waals surface area (Å²) in [4.78, 5) is 2.66. The lowest BCUT2D eigenvalue weighted by Gasteiger charge is -2.43. The van der Waals surface area contributed by atoms with Gasteiger partial charge in [0.05, 0.1) is 17.1 Å². The first-order valence-corrected chi connectivity index (χ1v) is 23.8. The summed E-state index contributed by atoms with van der Waals surface area (Å²) in [6, 6.07) is 62.9. The van der Waals surface area contributed by atoms with Crippen LogP contribution < -0.4 is 4.90 Å². The second kappa shape index (κ2) is 15.2. The van der Waals surface area contributed by atoms with Gasteiger partial charge in [-0.3, -0.25) is 0 Å². The van der Waals surface area contributed by atoms with E-state index in [2.05, 4.69) is 210 Å². The van der Waals surface area contributed by atoms with E-state index in [9.17, 15) is 0 Å². The molecule has 1 aliphatic carbocycles. The van der Waals surface area contributed by atoms with E-state index >= 15 is 0 Å². The van der Waals surface area contributed by atoms with Crippen molar-refractivity contribution < 1.29 is 0 Å². The highest BCUT2D eigenvalue weighted by molar-refractivity contribution is 7.25. The first kappa shape index (κ1) is 39.6. The molecule has 0 amide bonds. The molecule has 11 rings (SSSR count). The number of benzene rings is 8. The Balaban J connectivity index is 1.37. The summed E-state index contributed by atoms with van der Waals surface area (Å²) in [6.45, 7) is 14.4. The number of nitrogens with zero attached hydrogens (tertiary/aromatic N) is 1. The Kier molecular flexibility index (Phi) is 9.59. The van der Waals surface area contributed by atoms with Gasteiger partial charge in [-0.05, 0) is 159 Å². The largest absolute Gasteiger partial charge is 0.309 e. The first-order chi connectivity index (χ1) is 30.6. The molecule has 0 saturated carbocycles. The molecule has 0 fully saturated rings. The Bertz CT molecular complexity index is 3220. The fraction of sp³-hybridized carbons (Fsp3) is 0.213. The summed E-state index contributed by atoms with van der Waals surface area (Å²) in [5, 5.41) is 2.62. The van der Waals surface area contributed by atoms with Crippen molar-refractivity contribution in [1.29, 1.82) is 0 Å². The number of rotatable bonds is 7. The molecule has 0 unspecified atom stereocenters. The lowest BCUT2D eigenvalue weighted by molar-refractivity contribution is 0.332. The number of anilines is 3. The Labute approximate surface area is 377 Å². The number of hydrogen-bond acceptors (Lipinski definition) is 2. The third kappa shape index (κ3) is 6.65. The molecule has 0 spiro atoms. The third-order valence-electron chi connectivity index (χ3n) is 14.4. The van der Waals surface area contributed by atoms with Crippen LogP contribution in [0.4, 0.5) is 17.1 Å². The molecule has 0 saturated heterocycles. The maximum Gasteiger partial charge on any atom is 0.0553 e. The van der Waals surface area contributed by atoms with Crippen molar-refractivity contribution in [3.8, 4) is 55.6 Å². The minimum absolute atomic E-state index is 0.0367. The number of hydrogen-bond donors (Lipinski definition) is 0. The van der Waals surface area contributed by atoms with Crippen LogP contribution in [0.3, 0.4) is 0 Å². The molecule has 2 heteroatoms. The van der Waals surface area contributed by atoms with Gasteiger partial charge in [0.2, 0.25) is 0 Å². The zero-order valence-electron chi connectivity index (χ0n) is 37.5. The molecule has 2 aliphatic rings. The molecule has 63 heavy (non-hydrogen) atoms. The van der Waals surface area contributed by atoms with Gasteiger partial charge in [0.15, 0.2) is 0 Å². The molecule has 8 aromatic carbocycles. The molecule has 2 bridgehead atoms. The molecule has 0 atom stereocenters. The van der Waals surface area contributed by atoms with Crippen molar-refractivity contribution in [1.82, 2.24) is 0 Å². The molecule has 0 radical (unpaired) electrons. The Morgan fingerprint density at radius 1 is 0.476 bits per heavy atom. The average molecular weight is 834 g/mol. The number of unbranched alkanes of at least 4 members (excludes halogenated alkanes) is 1. The average Bonchev–Trinajstić information content (AvgIpc) is 3.67. The topological polar surface area (TPSA) is 3.24 Å². The second-order valence-electron chi connectivity index (χ2n) is 19.4. The number of fused-ring (bicyclic) bond motifs is 10. The van der Waals surface area contributed by atoms with E-state index in [0.717, 1.165) is 25.7 Å². The number of aryl methyl sites for hydroxylation is 2. The van der Waals surface area contributed by atoms with Crippen LogP contribution in [0.5, 0.6) is 0 Å². The molecule has 2 heterocycles. The van der Waals surface area contributed by atoms with Crippen molar-refractivity contribution in [2.24, 2.45) is 0 Å². The van der Waals surface area contributed by atoms with Crippen LogP contribution in [0.15, 0.2) is 164 Å². The highest BCUT2D eigenvalue weighted by atomic mass is 32.1. The molecule has 9 aromatic rings. The van der Waals surface area contributed by atoms with Gasteiger partial charge in [-0.2, -0.15) is 0 Å². The van der Waals surface area contributed by atoms with E-state index in [-0.39, 0.29) is 10.8 Å². The van der Waals surface area contributed by atoms with Crippen molar-refractivity contribution in [3.05, 3.63) is 186 Å². The van der Waals surface area contributed by atoms with Crippen molar-refractivity contribution >= 4 is 48.6 Å². The monoisotopic (exact) mass is 833 g/mol. The minimum atomic E-state index is 0.0367. The van der Waals surface area contributed by atoms with Crippen molar-refractivity contribution in [2.75, 3.05) is 4.90 Å². The molecule has 310 valence electrons. The van der Waals surface area contributed by atoms with Crippen LogP contribution in [0, 0.1) is 6.92 Å². The SMILES string of the molecule is CCCCc1ccc(N2c3cc4c(cc3-c3cc5c(cc3-c3cc(-c6ccccc6C)cc2c3-c2ccccc2)C(C)(C)CCC5(C)C)sc2ccccc24)c(-c2ccccc2)c1. The standard InChI is InChI=1S/C61H55NS/c1-7-8-20-40-28-29-54(46(32-40)41-21-11-9-12-22-41)62-55-37-50-45-26-17-18-27-57(45)63-58(50)38-49(55)47-35-52-53(61(5,6)31-30-60(52,3)4)36-48(47)51-33-43(44-25-16-15-19-39(44)2)34-56(62)59(51)42-23-13-10-14-24-42/h9-19,21-29,32-38H,7-8,20,30-31H2,1-6H3. The van der Waals surface area contributed by atoms with Gasteiger partial charge in [0.1, 0.15) is 0 Å². The van der Waals surface area contributed by atoms with Crippen LogP contribution in [-0.2, 0) is 17.3 Å². The van der Waals surface area contributed by atoms with E-state index in [0.29, 0.717) is 0 Å². The fourth-order valence-corrected chi connectivity index (χ4v) is 11.9. The summed E-state index contributed by atoms with van der Waals surface area (Å²) >= 11 is 1.92. The molecule has 0 N–H and O–H groups in total. The molecular weight excluding hydrogens is 779 g/mol. The fourth-order valence-electron chi connectivity index (χ4n) is 10.7. The predicted molar refractivity (Wildman–Crippen MR) is 273 cm³/mol.